The van der Waals surface area contributed by atoms with Gasteiger partial charge >= 0.3 is 0 Å². The van der Waals surface area contributed by atoms with E-state index in [1.165, 1.54) is 16.9 Å². The molecule has 0 spiro atoms. The average Bonchev–Trinajstić information content (AvgIpc) is 3.17. The summed E-state index contributed by atoms with van der Waals surface area (Å²) in [6, 6.07) is 8.06. The molecule has 1 unspecified atom stereocenters. The molecule has 1 aliphatic heterocycles. The molecule has 29 heavy (non-hydrogen) atoms. The van der Waals surface area contributed by atoms with Gasteiger partial charge in [-0.25, -0.2) is 0 Å². The second-order valence-corrected chi connectivity index (χ2v) is 9.29. The molecule has 1 atom stereocenters. The van der Waals surface area contributed by atoms with Crippen LogP contribution in [0, 0.1) is 5.92 Å². The van der Waals surface area contributed by atoms with Crippen molar-refractivity contribution in [2.24, 2.45) is 5.92 Å². The van der Waals surface area contributed by atoms with Crippen LogP contribution in [-0.2, 0) is 19.4 Å². The lowest BCUT2D eigenvalue weighted by atomic mass is 9.90. The number of aryl methyl sites for hydroxylation is 1. The van der Waals surface area contributed by atoms with Gasteiger partial charge in [-0.3, -0.25) is 9.69 Å². The zero-order valence-electron chi connectivity index (χ0n) is 17.6. The number of fused-ring (bicyclic) bond motifs is 1. The molecule has 1 aliphatic carbocycles. The summed E-state index contributed by atoms with van der Waals surface area (Å²) in [4.78, 5) is 19.8. The molecule has 6 heteroatoms. The third-order valence-corrected chi connectivity index (χ3v) is 7.31. The molecule has 0 radical (unpaired) electrons. The zero-order valence-corrected chi connectivity index (χ0v) is 18.4. The first-order valence-electron chi connectivity index (χ1n) is 10.4. The molecule has 1 aromatic carbocycles. The van der Waals surface area contributed by atoms with Gasteiger partial charge in [0, 0.05) is 43.2 Å². The van der Waals surface area contributed by atoms with Gasteiger partial charge in [-0.1, -0.05) is 6.92 Å². The molecule has 1 amide bonds. The van der Waals surface area contributed by atoms with Gasteiger partial charge in [0.15, 0.2) is 0 Å². The van der Waals surface area contributed by atoms with Crippen molar-refractivity contribution in [1.82, 2.24) is 9.80 Å². The summed E-state index contributed by atoms with van der Waals surface area (Å²) >= 11 is 1.72. The van der Waals surface area contributed by atoms with Crippen LogP contribution in [-0.4, -0.2) is 56.1 Å². The quantitative estimate of drug-likeness (QED) is 0.745. The van der Waals surface area contributed by atoms with Crippen LogP contribution in [0.5, 0.6) is 11.5 Å². The van der Waals surface area contributed by atoms with Crippen LogP contribution in [0.2, 0.25) is 0 Å². The Labute approximate surface area is 177 Å². The number of ether oxygens (including phenoxy) is 2. The van der Waals surface area contributed by atoms with Gasteiger partial charge in [0.05, 0.1) is 19.1 Å². The molecular weight excluding hydrogens is 384 g/mol. The highest BCUT2D eigenvalue weighted by Gasteiger charge is 2.26. The van der Waals surface area contributed by atoms with Gasteiger partial charge in [-0.05, 0) is 55.0 Å². The van der Waals surface area contributed by atoms with Crippen molar-refractivity contribution in [2.45, 2.75) is 32.7 Å². The number of benzene rings is 1. The van der Waals surface area contributed by atoms with Crippen molar-refractivity contribution in [1.29, 1.82) is 0 Å². The maximum atomic E-state index is 13.0. The van der Waals surface area contributed by atoms with E-state index in [0.717, 1.165) is 73.4 Å². The average molecular weight is 415 g/mol. The Bertz CT molecular complexity index is 871. The van der Waals surface area contributed by atoms with E-state index in [2.05, 4.69) is 17.9 Å². The molecule has 4 rings (SSSR count). The Morgan fingerprint density at radius 1 is 1.14 bits per heavy atom. The lowest BCUT2D eigenvalue weighted by molar-refractivity contribution is 0.0632. The second-order valence-electron chi connectivity index (χ2n) is 8.15. The third-order valence-electron chi connectivity index (χ3n) is 6.08. The van der Waals surface area contributed by atoms with Crippen LogP contribution in [0.25, 0.3) is 0 Å². The van der Waals surface area contributed by atoms with Crippen LogP contribution in [0.1, 0.15) is 39.0 Å². The van der Waals surface area contributed by atoms with E-state index in [1.807, 2.05) is 23.1 Å². The number of thiophene rings is 1. The van der Waals surface area contributed by atoms with Crippen molar-refractivity contribution >= 4 is 17.2 Å². The van der Waals surface area contributed by atoms with Gasteiger partial charge in [0.2, 0.25) is 0 Å². The number of hydrogen-bond acceptors (Lipinski definition) is 5. The minimum atomic E-state index is 0.204. The summed E-state index contributed by atoms with van der Waals surface area (Å²) in [7, 11) is 3.38. The minimum absolute atomic E-state index is 0.204. The predicted molar refractivity (Wildman–Crippen MR) is 116 cm³/mol. The minimum Gasteiger partial charge on any atom is -0.497 e. The number of piperazine rings is 1. The third kappa shape index (κ3) is 4.43. The van der Waals surface area contributed by atoms with E-state index in [4.69, 9.17) is 9.47 Å². The number of methoxy groups -OCH3 is 2. The standard InChI is InChI=1S/C23H30N2O3S/c1-16-4-7-21-17(12-16)14-22(29-21)23(26)25-10-8-24(9-11-25)15-18-13-19(27-2)5-6-20(18)28-3/h5-6,13-14,16H,4,7-12,15H2,1-3H3. The molecule has 0 saturated carbocycles. The lowest BCUT2D eigenvalue weighted by Crippen LogP contribution is -2.48. The monoisotopic (exact) mass is 414 g/mol. The van der Waals surface area contributed by atoms with Gasteiger partial charge in [-0.15, -0.1) is 11.3 Å². The van der Waals surface area contributed by atoms with Crippen molar-refractivity contribution in [3.05, 3.63) is 45.1 Å². The molecule has 2 aromatic rings. The van der Waals surface area contributed by atoms with Gasteiger partial charge in [0.25, 0.3) is 5.91 Å². The van der Waals surface area contributed by atoms with Crippen LogP contribution in [0.4, 0.5) is 0 Å². The normalized spacial score (nSPS) is 19.7. The maximum absolute atomic E-state index is 13.0. The Balaban J connectivity index is 1.37. The maximum Gasteiger partial charge on any atom is 0.264 e. The molecule has 2 aliphatic rings. The SMILES string of the molecule is COc1ccc(OC)c(CN2CCN(C(=O)c3cc4c(s3)CCC(C)C4)CC2)c1. The van der Waals surface area contributed by atoms with Gasteiger partial charge in [-0.2, -0.15) is 0 Å². The van der Waals surface area contributed by atoms with E-state index in [0.29, 0.717) is 0 Å². The Kier molecular flexibility index (Phi) is 6.11. The zero-order chi connectivity index (χ0) is 20.4. The summed E-state index contributed by atoms with van der Waals surface area (Å²) in [5, 5.41) is 0. The van der Waals surface area contributed by atoms with Crippen molar-refractivity contribution in [3.63, 3.8) is 0 Å². The highest BCUT2D eigenvalue weighted by Crippen LogP contribution is 2.33. The lowest BCUT2D eigenvalue weighted by Gasteiger charge is -2.34. The smallest absolute Gasteiger partial charge is 0.264 e. The number of amides is 1. The molecule has 2 heterocycles. The van der Waals surface area contributed by atoms with Crippen molar-refractivity contribution in [2.75, 3.05) is 40.4 Å². The first-order valence-corrected chi connectivity index (χ1v) is 11.2. The molecule has 0 N–H and O–H groups in total. The predicted octanol–water partition coefficient (Wildman–Crippen LogP) is 3.85. The second kappa shape index (κ2) is 8.76. The summed E-state index contributed by atoms with van der Waals surface area (Å²) < 4.78 is 10.9. The first kappa shape index (κ1) is 20.2. The number of carbonyl (C=O) groups is 1. The topological polar surface area (TPSA) is 42.0 Å². The van der Waals surface area contributed by atoms with Crippen molar-refractivity contribution in [3.8, 4) is 11.5 Å². The number of carbonyl (C=O) groups excluding carboxylic acids is 1. The fourth-order valence-corrected chi connectivity index (χ4v) is 5.50. The molecule has 1 aromatic heterocycles. The molecule has 1 saturated heterocycles. The van der Waals surface area contributed by atoms with Crippen LogP contribution in [0.3, 0.4) is 0 Å². The Morgan fingerprint density at radius 2 is 1.93 bits per heavy atom. The number of rotatable bonds is 5. The summed E-state index contributed by atoms with van der Waals surface area (Å²) in [6.45, 7) is 6.38. The Hall–Kier alpha value is -2.05. The molecule has 1 fully saturated rings. The number of hydrogen-bond donors (Lipinski definition) is 0. The van der Waals surface area contributed by atoms with Crippen LogP contribution in [0.15, 0.2) is 24.3 Å². The highest BCUT2D eigenvalue weighted by molar-refractivity contribution is 7.14. The summed E-state index contributed by atoms with van der Waals surface area (Å²) in [5.74, 6) is 2.65. The van der Waals surface area contributed by atoms with E-state index in [1.54, 1.807) is 25.6 Å². The van der Waals surface area contributed by atoms with Gasteiger partial charge in [0.1, 0.15) is 11.5 Å². The molecule has 5 nitrogen and oxygen atoms in total. The fourth-order valence-electron chi connectivity index (χ4n) is 4.32. The van der Waals surface area contributed by atoms with E-state index in [-0.39, 0.29) is 5.91 Å². The van der Waals surface area contributed by atoms with Gasteiger partial charge < -0.3 is 14.4 Å². The van der Waals surface area contributed by atoms with Crippen molar-refractivity contribution < 1.29 is 14.3 Å². The van der Waals surface area contributed by atoms with E-state index >= 15 is 0 Å². The first-order chi connectivity index (χ1) is 14.1. The number of nitrogens with zero attached hydrogens (tertiary/aromatic N) is 2. The fraction of sp³-hybridized carbons (Fsp3) is 0.522. The summed E-state index contributed by atoms with van der Waals surface area (Å²) in [6.07, 6.45) is 3.49. The molecule has 156 valence electrons. The Morgan fingerprint density at radius 3 is 2.66 bits per heavy atom. The summed E-state index contributed by atoms with van der Waals surface area (Å²) in [5.41, 5.74) is 2.52. The molecule has 0 bridgehead atoms. The largest absolute Gasteiger partial charge is 0.497 e. The van der Waals surface area contributed by atoms with Crippen LogP contribution >= 0.6 is 11.3 Å². The molecular formula is C23H30N2O3S. The van der Waals surface area contributed by atoms with E-state index < -0.39 is 0 Å². The van der Waals surface area contributed by atoms with E-state index in [9.17, 15) is 4.79 Å². The highest BCUT2D eigenvalue weighted by atomic mass is 32.1. The van der Waals surface area contributed by atoms with Crippen LogP contribution < -0.4 is 9.47 Å².